The zero-order valence-electron chi connectivity index (χ0n) is 20.4. The molecular weight excluding hydrogens is 374 g/mol. The van der Waals surface area contributed by atoms with E-state index >= 15 is 0 Å². The van der Waals surface area contributed by atoms with E-state index < -0.39 is 0 Å². The quantitative estimate of drug-likeness (QED) is 0.533. The van der Waals surface area contributed by atoms with Gasteiger partial charge < -0.3 is 14.7 Å². The standard InChI is InChI=1S/C22H29NO3.2C2H6/c1-6-23(14-17-9-8-10-18(12-17)26-7-2)22(25)20-13-19(15(3)4)21(24)11-16(20)5;2*1-2/h8-13,15,24H,6-7,14H2,1-5H3;2*1-2H3. The minimum atomic E-state index is -0.0197. The Morgan fingerprint density at radius 3 is 2.23 bits per heavy atom. The predicted octanol–water partition coefficient (Wildman–Crippen LogP) is 6.94. The molecule has 168 valence electrons. The van der Waals surface area contributed by atoms with Crippen LogP contribution >= 0.6 is 0 Å². The predicted molar refractivity (Wildman–Crippen MR) is 128 cm³/mol. The largest absolute Gasteiger partial charge is 0.508 e. The van der Waals surface area contributed by atoms with Gasteiger partial charge >= 0.3 is 0 Å². The Morgan fingerprint density at radius 1 is 1.07 bits per heavy atom. The number of carbonyl (C=O) groups is 1. The number of benzene rings is 2. The molecule has 0 spiro atoms. The number of hydrogen-bond acceptors (Lipinski definition) is 3. The molecule has 4 nitrogen and oxygen atoms in total. The molecule has 0 saturated carbocycles. The van der Waals surface area contributed by atoms with Crippen molar-refractivity contribution in [3.05, 3.63) is 58.7 Å². The number of ether oxygens (including phenoxy) is 1. The lowest BCUT2D eigenvalue weighted by Crippen LogP contribution is -2.31. The van der Waals surface area contributed by atoms with Crippen LogP contribution in [0.1, 0.15) is 88.4 Å². The van der Waals surface area contributed by atoms with Crippen molar-refractivity contribution < 1.29 is 14.6 Å². The molecule has 30 heavy (non-hydrogen) atoms. The zero-order chi connectivity index (χ0) is 23.3. The fourth-order valence-electron chi connectivity index (χ4n) is 3.02. The maximum Gasteiger partial charge on any atom is 0.254 e. The second-order valence-corrected chi connectivity index (χ2v) is 6.78. The molecule has 4 heteroatoms. The summed E-state index contributed by atoms with van der Waals surface area (Å²) in [4.78, 5) is 14.9. The highest BCUT2D eigenvalue weighted by molar-refractivity contribution is 5.96. The fraction of sp³-hybridized carbons (Fsp3) is 0.500. The van der Waals surface area contributed by atoms with Crippen molar-refractivity contribution in [2.24, 2.45) is 0 Å². The number of aryl methyl sites for hydroxylation is 1. The molecule has 0 aliphatic rings. The van der Waals surface area contributed by atoms with E-state index in [1.165, 1.54) is 0 Å². The van der Waals surface area contributed by atoms with Gasteiger partial charge in [-0.2, -0.15) is 0 Å². The van der Waals surface area contributed by atoms with Crippen LogP contribution in [0.5, 0.6) is 11.5 Å². The van der Waals surface area contributed by atoms with Crippen molar-refractivity contribution in [1.29, 1.82) is 0 Å². The van der Waals surface area contributed by atoms with Crippen molar-refractivity contribution in [2.45, 2.75) is 74.8 Å². The summed E-state index contributed by atoms with van der Waals surface area (Å²) in [5.41, 5.74) is 3.27. The van der Waals surface area contributed by atoms with E-state index in [1.807, 2.05) is 97.5 Å². The summed E-state index contributed by atoms with van der Waals surface area (Å²) in [6, 6.07) is 11.4. The van der Waals surface area contributed by atoms with Crippen LogP contribution in [0.15, 0.2) is 36.4 Å². The number of hydrogen-bond donors (Lipinski definition) is 1. The molecule has 2 aromatic carbocycles. The fourth-order valence-corrected chi connectivity index (χ4v) is 3.02. The number of aromatic hydroxyl groups is 1. The minimum Gasteiger partial charge on any atom is -0.508 e. The van der Waals surface area contributed by atoms with Crippen LogP contribution in [0.3, 0.4) is 0 Å². The van der Waals surface area contributed by atoms with Crippen LogP contribution in [0.25, 0.3) is 0 Å². The van der Waals surface area contributed by atoms with E-state index in [0.29, 0.717) is 25.3 Å². The van der Waals surface area contributed by atoms with Gasteiger partial charge in [-0.05, 0) is 67.6 Å². The molecule has 0 bridgehead atoms. The number of nitrogens with zero attached hydrogens (tertiary/aromatic N) is 1. The molecule has 2 aromatic rings. The summed E-state index contributed by atoms with van der Waals surface area (Å²) >= 11 is 0. The van der Waals surface area contributed by atoms with Gasteiger partial charge in [0.05, 0.1) is 6.61 Å². The van der Waals surface area contributed by atoms with Gasteiger partial charge in [0, 0.05) is 18.7 Å². The normalized spacial score (nSPS) is 9.80. The lowest BCUT2D eigenvalue weighted by atomic mass is 9.96. The van der Waals surface area contributed by atoms with E-state index in [-0.39, 0.29) is 17.6 Å². The number of rotatable bonds is 7. The third kappa shape index (κ3) is 7.74. The maximum absolute atomic E-state index is 13.1. The van der Waals surface area contributed by atoms with Crippen LogP contribution in [-0.4, -0.2) is 29.1 Å². The maximum atomic E-state index is 13.1. The molecular formula is C26H41NO3. The van der Waals surface area contributed by atoms with E-state index in [1.54, 1.807) is 6.07 Å². The second kappa shape index (κ2) is 14.5. The number of amides is 1. The molecule has 0 aliphatic heterocycles. The van der Waals surface area contributed by atoms with Crippen molar-refractivity contribution in [3.63, 3.8) is 0 Å². The Bertz CT molecular complexity index is 769. The zero-order valence-corrected chi connectivity index (χ0v) is 20.4. The Morgan fingerprint density at radius 2 is 1.70 bits per heavy atom. The van der Waals surface area contributed by atoms with Crippen molar-refractivity contribution >= 4 is 5.91 Å². The van der Waals surface area contributed by atoms with Gasteiger partial charge in [0.1, 0.15) is 11.5 Å². The first-order valence-electron chi connectivity index (χ1n) is 11.2. The SMILES string of the molecule is CC.CC.CCOc1cccc(CN(CC)C(=O)c2cc(C(C)C)c(O)cc2C)c1. The van der Waals surface area contributed by atoms with Gasteiger partial charge in [-0.15, -0.1) is 0 Å². The molecule has 2 rings (SSSR count). The average molecular weight is 416 g/mol. The molecule has 0 unspecified atom stereocenters. The Labute approximate surface area is 183 Å². The summed E-state index contributed by atoms with van der Waals surface area (Å²) in [5, 5.41) is 10.1. The Hall–Kier alpha value is -2.49. The van der Waals surface area contributed by atoms with Crippen LogP contribution in [0.2, 0.25) is 0 Å². The molecule has 0 fully saturated rings. The first-order chi connectivity index (χ1) is 14.4. The Balaban J connectivity index is 0.00000198. The smallest absolute Gasteiger partial charge is 0.254 e. The average Bonchev–Trinajstić information content (AvgIpc) is 2.75. The number of phenols is 1. The van der Waals surface area contributed by atoms with Gasteiger partial charge in [0.2, 0.25) is 0 Å². The second-order valence-electron chi connectivity index (χ2n) is 6.78. The summed E-state index contributed by atoms with van der Waals surface area (Å²) in [6.45, 7) is 19.6. The monoisotopic (exact) mass is 415 g/mol. The van der Waals surface area contributed by atoms with Crippen LogP contribution in [0, 0.1) is 6.92 Å². The highest BCUT2D eigenvalue weighted by Gasteiger charge is 2.20. The lowest BCUT2D eigenvalue weighted by molar-refractivity contribution is 0.0751. The molecule has 0 radical (unpaired) electrons. The summed E-state index contributed by atoms with van der Waals surface area (Å²) < 4.78 is 5.55. The van der Waals surface area contributed by atoms with Crippen LogP contribution < -0.4 is 4.74 Å². The highest BCUT2D eigenvalue weighted by Crippen LogP contribution is 2.29. The number of carbonyl (C=O) groups excluding carboxylic acids is 1. The summed E-state index contributed by atoms with van der Waals surface area (Å²) in [5.74, 6) is 1.20. The third-order valence-electron chi connectivity index (χ3n) is 4.48. The lowest BCUT2D eigenvalue weighted by Gasteiger charge is -2.23. The van der Waals surface area contributed by atoms with E-state index in [2.05, 4.69) is 0 Å². The molecule has 0 heterocycles. The van der Waals surface area contributed by atoms with E-state index in [0.717, 1.165) is 22.4 Å². The van der Waals surface area contributed by atoms with Crippen LogP contribution in [0.4, 0.5) is 0 Å². The first-order valence-corrected chi connectivity index (χ1v) is 11.2. The molecule has 1 N–H and O–H groups in total. The molecule has 0 saturated heterocycles. The van der Waals surface area contributed by atoms with E-state index in [9.17, 15) is 9.90 Å². The van der Waals surface area contributed by atoms with Gasteiger partial charge in [-0.3, -0.25) is 4.79 Å². The topological polar surface area (TPSA) is 49.8 Å². The summed E-state index contributed by atoms with van der Waals surface area (Å²) in [6.07, 6.45) is 0. The van der Waals surface area contributed by atoms with Gasteiger partial charge in [-0.25, -0.2) is 0 Å². The van der Waals surface area contributed by atoms with Crippen molar-refractivity contribution in [3.8, 4) is 11.5 Å². The van der Waals surface area contributed by atoms with Crippen molar-refractivity contribution in [2.75, 3.05) is 13.2 Å². The molecule has 0 aliphatic carbocycles. The molecule has 1 amide bonds. The first kappa shape index (κ1) is 27.5. The molecule has 0 aromatic heterocycles. The minimum absolute atomic E-state index is 0.0197. The van der Waals surface area contributed by atoms with E-state index in [4.69, 9.17) is 4.74 Å². The van der Waals surface area contributed by atoms with Gasteiger partial charge in [-0.1, -0.05) is 53.7 Å². The summed E-state index contributed by atoms with van der Waals surface area (Å²) in [7, 11) is 0. The van der Waals surface area contributed by atoms with Gasteiger partial charge in [0.15, 0.2) is 0 Å². The van der Waals surface area contributed by atoms with Crippen molar-refractivity contribution in [1.82, 2.24) is 4.90 Å². The van der Waals surface area contributed by atoms with Crippen LogP contribution in [-0.2, 0) is 6.54 Å². The number of phenolic OH excluding ortho intramolecular Hbond substituents is 1. The van der Waals surface area contributed by atoms with Gasteiger partial charge in [0.25, 0.3) is 5.91 Å². The molecule has 0 atom stereocenters. The highest BCUT2D eigenvalue weighted by atomic mass is 16.5. The Kier molecular flexibility index (Phi) is 13.3. The third-order valence-corrected chi connectivity index (χ3v) is 4.48.